The van der Waals surface area contributed by atoms with Gasteiger partial charge >= 0.3 is 5.97 Å². The number of hydrogen-bond acceptors (Lipinski definition) is 5. The molecule has 0 aliphatic carbocycles. The second-order valence-corrected chi connectivity index (χ2v) is 6.11. The van der Waals surface area contributed by atoms with E-state index in [1.165, 1.54) is 6.92 Å². The average Bonchev–Trinajstić information content (AvgIpc) is 2.73. The summed E-state index contributed by atoms with van der Waals surface area (Å²) in [4.78, 5) is 24.4. The Morgan fingerprint density at radius 3 is 2.36 bits per heavy atom. The van der Waals surface area contributed by atoms with Crippen molar-refractivity contribution in [3.8, 4) is 11.5 Å². The fraction of sp³-hybridized carbons (Fsp3) is 0.182. The fourth-order valence-electron chi connectivity index (χ4n) is 2.67. The van der Waals surface area contributed by atoms with Gasteiger partial charge in [0.05, 0.1) is 7.11 Å². The van der Waals surface area contributed by atoms with E-state index >= 15 is 0 Å². The number of nitrogens with one attached hydrogen (secondary N) is 1. The molecule has 0 saturated carbocycles. The normalized spacial score (nSPS) is 11.5. The van der Waals surface area contributed by atoms with Gasteiger partial charge in [-0.25, -0.2) is 4.79 Å². The Bertz CT molecular complexity index is 963. The molecule has 0 heterocycles. The number of benzene rings is 3. The second-order valence-electron chi connectivity index (χ2n) is 6.11. The first kappa shape index (κ1) is 19.2. The first-order valence-electron chi connectivity index (χ1n) is 8.82. The van der Waals surface area contributed by atoms with E-state index in [2.05, 4.69) is 5.32 Å². The number of carbonyl (C=O) groups excluding carboxylic acids is 2. The Labute approximate surface area is 163 Å². The standard InChI is InChI=1S/C22H21NO5/c1-15(28-21(24)14-27-18-12-10-17(26-2)11-13-18)22(25)23-20-9-5-7-16-6-3-4-8-19(16)20/h3-13,15H,14H2,1-2H3,(H,23,25)/t15-/m0/s1. The van der Waals surface area contributed by atoms with Crippen molar-refractivity contribution in [3.05, 3.63) is 66.7 Å². The molecule has 6 nitrogen and oxygen atoms in total. The lowest BCUT2D eigenvalue weighted by molar-refractivity contribution is -0.155. The van der Waals surface area contributed by atoms with Crippen molar-refractivity contribution >= 4 is 28.3 Å². The zero-order valence-corrected chi connectivity index (χ0v) is 15.7. The van der Waals surface area contributed by atoms with Crippen molar-refractivity contribution in [2.45, 2.75) is 13.0 Å². The van der Waals surface area contributed by atoms with Gasteiger partial charge in [-0.2, -0.15) is 0 Å². The topological polar surface area (TPSA) is 73.9 Å². The fourth-order valence-corrected chi connectivity index (χ4v) is 2.67. The highest BCUT2D eigenvalue weighted by Gasteiger charge is 2.19. The van der Waals surface area contributed by atoms with Crippen molar-refractivity contribution in [3.63, 3.8) is 0 Å². The van der Waals surface area contributed by atoms with E-state index in [1.54, 1.807) is 31.4 Å². The van der Waals surface area contributed by atoms with Gasteiger partial charge in [0.25, 0.3) is 5.91 Å². The zero-order chi connectivity index (χ0) is 19.9. The van der Waals surface area contributed by atoms with Crippen molar-refractivity contribution in [1.82, 2.24) is 0 Å². The maximum atomic E-state index is 12.4. The molecule has 0 aromatic heterocycles. The van der Waals surface area contributed by atoms with Crippen LogP contribution in [0.2, 0.25) is 0 Å². The lowest BCUT2D eigenvalue weighted by atomic mass is 10.1. The van der Waals surface area contributed by atoms with Crippen molar-refractivity contribution in [1.29, 1.82) is 0 Å². The van der Waals surface area contributed by atoms with Gasteiger partial charge in [-0.3, -0.25) is 4.79 Å². The minimum atomic E-state index is -0.953. The number of carbonyl (C=O) groups is 2. The molecule has 0 radical (unpaired) electrons. The smallest absolute Gasteiger partial charge is 0.344 e. The molecule has 3 aromatic rings. The molecular formula is C22H21NO5. The molecule has 0 aliphatic rings. The third kappa shape index (κ3) is 4.79. The van der Waals surface area contributed by atoms with Crippen molar-refractivity contribution in [2.75, 3.05) is 19.0 Å². The first-order chi connectivity index (χ1) is 13.6. The first-order valence-corrected chi connectivity index (χ1v) is 8.82. The molecule has 3 rings (SSSR count). The average molecular weight is 379 g/mol. The quantitative estimate of drug-likeness (QED) is 0.632. The zero-order valence-electron chi connectivity index (χ0n) is 15.7. The monoisotopic (exact) mass is 379 g/mol. The summed E-state index contributed by atoms with van der Waals surface area (Å²) in [7, 11) is 1.57. The molecule has 0 fully saturated rings. The van der Waals surface area contributed by atoms with Crippen molar-refractivity contribution in [2.24, 2.45) is 0 Å². The van der Waals surface area contributed by atoms with E-state index in [4.69, 9.17) is 14.2 Å². The van der Waals surface area contributed by atoms with Crippen LogP contribution in [0.25, 0.3) is 10.8 Å². The molecule has 144 valence electrons. The molecule has 0 bridgehead atoms. The summed E-state index contributed by atoms with van der Waals surface area (Å²) >= 11 is 0. The molecular weight excluding hydrogens is 358 g/mol. The Kier molecular flexibility index (Phi) is 6.11. The highest BCUT2D eigenvalue weighted by atomic mass is 16.6. The van der Waals surface area contributed by atoms with Crippen LogP contribution in [0.5, 0.6) is 11.5 Å². The van der Waals surface area contributed by atoms with Crippen LogP contribution >= 0.6 is 0 Å². The Morgan fingerprint density at radius 2 is 1.61 bits per heavy atom. The van der Waals surface area contributed by atoms with Gasteiger partial charge in [0, 0.05) is 11.1 Å². The summed E-state index contributed by atoms with van der Waals surface area (Å²) in [5.41, 5.74) is 0.667. The molecule has 0 aliphatic heterocycles. The van der Waals surface area contributed by atoms with Crippen LogP contribution in [0.15, 0.2) is 66.7 Å². The maximum Gasteiger partial charge on any atom is 0.344 e. The molecule has 6 heteroatoms. The summed E-state index contributed by atoms with van der Waals surface area (Å²) in [6, 6.07) is 20.2. The Morgan fingerprint density at radius 1 is 0.929 bits per heavy atom. The number of methoxy groups -OCH3 is 1. The highest BCUT2D eigenvalue weighted by molar-refractivity contribution is 6.03. The number of rotatable bonds is 7. The number of fused-ring (bicyclic) bond motifs is 1. The van der Waals surface area contributed by atoms with E-state index < -0.39 is 18.0 Å². The minimum Gasteiger partial charge on any atom is -0.497 e. The van der Waals surface area contributed by atoms with E-state index in [9.17, 15) is 9.59 Å². The van der Waals surface area contributed by atoms with Crippen LogP contribution in [-0.2, 0) is 14.3 Å². The summed E-state index contributed by atoms with van der Waals surface area (Å²) in [6.07, 6.45) is -0.953. The largest absolute Gasteiger partial charge is 0.497 e. The molecule has 3 aromatic carbocycles. The highest BCUT2D eigenvalue weighted by Crippen LogP contribution is 2.23. The third-order valence-electron chi connectivity index (χ3n) is 4.14. The maximum absolute atomic E-state index is 12.4. The second kappa shape index (κ2) is 8.90. The molecule has 0 saturated heterocycles. The van der Waals surface area contributed by atoms with Crippen LogP contribution in [0, 0.1) is 0 Å². The Balaban J connectivity index is 1.53. The van der Waals surface area contributed by atoms with Crippen LogP contribution in [0.4, 0.5) is 5.69 Å². The molecule has 1 atom stereocenters. The van der Waals surface area contributed by atoms with E-state index in [0.29, 0.717) is 17.2 Å². The lowest BCUT2D eigenvalue weighted by Gasteiger charge is -2.15. The lowest BCUT2D eigenvalue weighted by Crippen LogP contribution is -2.31. The van der Waals surface area contributed by atoms with E-state index in [0.717, 1.165) is 10.8 Å². The SMILES string of the molecule is COc1ccc(OCC(=O)O[C@@H](C)C(=O)Nc2cccc3ccccc23)cc1. The summed E-state index contributed by atoms with van der Waals surface area (Å²) in [6.45, 7) is 1.23. The molecule has 0 unspecified atom stereocenters. The molecule has 1 N–H and O–H groups in total. The summed E-state index contributed by atoms with van der Waals surface area (Å²) in [5.74, 6) is 0.157. The van der Waals surface area contributed by atoms with Gasteiger partial charge in [-0.15, -0.1) is 0 Å². The van der Waals surface area contributed by atoms with Gasteiger partial charge in [-0.1, -0.05) is 36.4 Å². The number of anilines is 1. The van der Waals surface area contributed by atoms with Crippen LogP contribution in [-0.4, -0.2) is 31.7 Å². The molecule has 0 spiro atoms. The number of hydrogen-bond donors (Lipinski definition) is 1. The van der Waals surface area contributed by atoms with E-state index in [-0.39, 0.29) is 6.61 Å². The number of ether oxygens (including phenoxy) is 3. The van der Waals surface area contributed by atoms with Gasteiger partial charge in [0.1, 0.15) is 11.5 Å². The van der Waals surface area contributed by atoms with Crippen LogP contribution in [0.1, 0.15) is 6.92 Å². The predicted octanol–water partition coefficient (Wildman–Crippen LogP) is 3.80. The number of esters is 1. The minimum absolute atomic E-state index is 0.293. The van der Waals surface area contributed by atoms with Gasteiger partial charge in [0.2, 0.25) is 0 Å². The molecule has 28 heavy (non-hydrogen) atoms. The van der Waals surface area contributed by atoms with Crippen molar-refractivity contribution < 1.29 is 23.8 Å². The van der Waals surface area contributed by atoms with Crippen LogP contribution in [0.3, 0.4) is 0 Å². The number of amides is 1. The van der Waals surface area contributed by atoms with Crippen LogP contribution < -0.4 is 14.8 Å². The third-order valence-corrected chi connectivity index (χ3v) is 4.14. The summed E-state index contributed by atoms with van der Waals surface area (Å²) < 4.78 is 15.6. The van der Waals surface area contributed by atoms with Gasteiger partial charge in [-0.05, 0) is 42.6 Å². The summed E-state index contributed by atoms with van der Waals surface area (Å²) in [5, 5.41) is 4.73. The predicted molar refractivity (Wildman–Crippen MR) is 107 cm³/mol. The molecule has 1 amide bonds. The Hall–Kier alpha value is -3.54. The van der Waals surface area contributed by atoms with E-state index in [1.807, 2.05) is 42.5 Å². The van der Waals surface area contributed by atoms with Gasteiger partial charge < -0.3 is 19.5 Å². The van der Waals surface area contributed by atoms with Gasteiger partial charge in [0.15, 0.2) is 12.7 Å².